The number of benzene rings is 1. The summed E-state index contributed by atoms with van der Waals surface area (Å²) in [5.41, 5.74) is 0.914. The van der Waals surface area contributed by atoms with Crippen LogP contribution in [-0.4, -0.2) is 31.9 Å². The molecule has 5 N–H and O–H groups in total. The Morgan fingerprint density at radius 3 is 2.46 bits per heavy atom. The molecule has 0 heterocycles. The predicted molar refractivity (Wildman–Crippen MR) is 88.0 cm³/mol. The van der Waals surface area contributed by atoms with Gasteiger partial charge in [-0.05, 0) is 36.1 Å². The highest BCUT2D eigenvalue weighted by atomic mass is 31.2. The average molecular weight is 353 g/mol. The summed E-state index contributed by atoms with van der Waals surface area (Å²) in [6, 6.07) is 6.60. The zero-order chi connectivity index (χ0) is 17.9. The number of nitrogens with one attached hydrogen (secondary N) is 1. The highest BCUT2D eigenvalue weighted by Crippen LogP contribution is 2.35. The number of allylic oxidation sites excluding steroid dienone is 2. The molecule has 24 heavy (non-hydrogen) atoms. The van der Waals surface area contributed by atoms with Crippen molar-refractivity contribution in [3.05, 3.63) is 53.8 Å². The number of phenols is 1. The van der Waals surface area contributed by atoms with Crippen molar-refractivity contribution in [3.63, 3.8) is 0 Å². The molecule has 0 fully saturated rings. The smallest absolute Gasteiger partial charge is 0.427 e. The molecule has 3 unspecified atom stereocenters. The van der Waals surface area contributed by atoms with Gasteiger partial charge in [-0.3, -0.25) is 9.88 Å². The van der Waals surface area contributed by atoms with Crippen LogP contribution >= 0.6 is 7.75 Å². The summed E-state index contributed by atoms with van der Waals surface area (Å²) in [7, 11) is -4.58. The van der Waals surface area contributed by atoms with E-state index in [4.69, 9.17) is 9.79 Å². The second kappa shape index (κ2) is 7.32. The highest BCUT2D eigenvalue weighted by Gasteiger charge is 2.29. The molecule has 0 aliphatic heterocycles. The van der Waals surface area contributed by atoms with Gasteiger partial charge in [-0.25, -0.2) is 4.57 Å². The van der Waals surface area contributed by atoms with Gasteiger partial charge in [0.05, 0.1) is 6.10 Å². The summed E-state index contributed by atoms with van der Waals surface area (Å²) < 4.78 is 11.2. The third kappa shape index (κ3) is 5.04. The molecular formula is C16H20NO6P. The van der Waals surface area contributed by atoms with Crippen LogP contribution in [0.1, 0.15) is 24.8 Å². The van der Waals surface area contributed by atoms with Gasteiger partial charge in [-0.1, -0.05) is 25.1 Å². The monoisotopic (exact) mass is 353 g/mol. The fourth-order valence-electron chi connectivity index (χ4n) is 2.66. The second-order valence-electron chi connectivity index (χ2n) is 5.84. The Kier molecular flexibility index (Phi) is 5.62. The maximum Gasteiger partial charge on any atom is 0.427 e. The van der Waals surface area contributed by atoms with Crippen LogP contribution in [0.25, 0.3) is 0 Å². The van der Waals surface area contributed by atoms with E-state index in [1.165, 1.54) is 12.2 Å². The van der Waals surface area contributed by atoms with Crippen molar-refractivity contribution >= 4 is 13.5 Å². The van der Waals surface area contributed by atoms with Gasteiger partial charge in [0.15, 0.2) is 5.78 Å². The number of ketones is 1. The van der Waals surface area contributed by atoms with Crippen LogP contribution in [-0.2, 0) is 9.36 Å². The fourth-order valence-corrected chi connectivity index (χ4v) is 3.21. The van der Waals surface area contributed by atoms with E-state index in [-0.39, 0.29) is 17.4 Å². The summed E-state index contributed by atoms with van der Waals surface area (Å²) in [5, 5.41) is 21.8. The largest absolute Gasteiger partial charge is 0.508 e. The Morgan fingerprint density at radius 1 is 1.25 bits per heavy atom. The molecule has 1 aliphatic rings. The predicted octanol–water partition coefficient (Wildman–Crippen LogP) is 1.57. The Bertz CT molecular complexity index is 706. The first-order chi connectivity index (χ1) is 11.2. The molecule has 8 heteroatoms. The topological polar surface area (TPSA) is 127 Å². The molecule has 7 nitrogen and oxygen atoms in total. The highest BCUT2D eigenvalue weighted by molar-refractivity contribution is 7.49. The van der Waals surface area contributed by atoms with E-state index >= 15 is 0 Å². The van der Waals surface area contributed by atoms with E-state index in [1.54, 1.807) is 24.3 Å². The van der Waals surface area contributed by atoms with Crippen LogP contribution in [0.2, 0.25) is 0 Å². The SMILES string of the molecule is CC(CC(O)C1C=CC(=O)C=C1NP(=O)(O)O)c1ccc(O)cc1. The number of carbonyl (C=O) groups excluding carboxylic acids is 1. The molecule has 0 aromatic heterocycles. The fraction of sp³-hybridized carbons (Fsp3) is 0.312. The van der Waals surface area contributed by atoms with Crippen LogP contribution in [0.15, 0.2) is 48.2 Å². The molecule has 1 aliphatic carbocycles. The number of hydrogen-bond donors (Lipinski definition) is 5. The second-order valence-corrected chi connectivity index (χ2v) is 7.15. The first kappa shape index (κ1) is 18.4. The van der Waals surface area contributed by atoms with Crippen molar-refractivity contribution in [3.8, 4) is 5.75 Å². The number of aromatic hydroxyl groups is 1. The summed E-state index contributed by atoms with van der Waals surface area (Å²) in [4.78, 5) is 29.6. The van der Waals surface area contributed by atoms with Gasteiger partial charge in [-0.15, -0.1) is 0 Å². The third-order valence-electron chi connectivity index (χ3n) is 3.87. The zero-order valence-corrected chi connectivity index (χ0v) is 13.9. The van der Waals surface area contributed by atoms with Crippen molar-refractivity contribution in [2.24, 2.45) is 5.92 Å². The van der Waals surface area contributed by atoms with E-state index in [1.807, 2.05) is 12.0 Å². The first-order valence-electron chi connectivity index (χ1n) is 7.40. The lowest BCUT2D eigenvalue weighted by atomic mass is 9.86. The van der Waals surface area contributed by atoms with E-state index < -0.39 is 25.6 Å². The van der Waals surface area contributed by atoms with E-state index in [2.05, 4.69) is 0 Å². The van der Waals surface area contributed by atoms with Crippen molar-refractivity contribution in [2.45, 2.75) is 25.4 Å². The van der Waals surface area contributed by atoms with Gasteiger partial charge >= 0.3 is 7.75 Å². The molecular weight excluding hydrogens is 333 g/mol. The van der Waals surface area contributed by atoms with Crippen molar-refractivity contribution < 1.29 is 29.4 Å². The van der Waals surface area contributed by atoms with Gasteiger partial charge in [0.2, 0.25) is 0 Å². The van der Waals surface area contributed by atoms with E-state index in [0.717, 1.165) is 11.6 Å². The molecule has 130 valence electrons. The van der Waals surface area contributed by atoms with E-state index in [9.17, 15) is 19.6 Å². The standard InChI is InChI=1S/C16H20NO6P/c1-10(11-2-4-12(18)5-3-11)8-16(20)14-7-6-13(19)9-15(14)17-24(21,22)23/h2-7,9-10,14,16,18,20H,8H2,1H3,(H3,17,21,22,23). The summed E-state index contributed by atoms with van der Waals surface area (Å²) in [5.74, 6) is -1.02. The lowest BCUT2D eigenvalue weighted by Gasteiger charge is -2.27. The van der Waals surface area contributed by atoms with Gasteiger partial charge in [0.1, 0.15) is 5.75 Å². The molecule has 0 radical (unpaired) electrons. The van der Waals surface area contributed by atoms with E-state index in [0.29, 0.717) is 6.42 Å². The Balaban J connectivity index is 2.11. The molecule has 2 rings (SSSR count). The quantitative estimate of drug-likeness (QED) is 0.491. The summed E-state index contributed by atoms with van der Waals surface area (Å²) in [6.45, 7) is 1.90. The normalized spacial score (nSPS) is 20.4. The number of rotatable bonds is 6. The zero-order valence-electron chi connectivity index (χ0n) is 13.0. The molecule has 1 aromatic carbocycles. The number of aliphatic hydroxyl groups excluding tert-OH is 1. The van der Waals surface area contributed by atoms with Crippen LogP contribution in [0.4, 0.5) is 0 Å². The maximum atomic E-state index is 11.4. The molecule has 0 bridgehead atoms. The minimum atomic E-state index is -4.58. The maximum absolute atomic E-state index is 11.4. The summed E-state index contributed by atoms with van der Waals surface area (Å²) >= 11 is 0. The summed E-state index contributed by atoms with van der Waals surface area (Å²) in [6.07, 6.45) is 3.16. The van der Waals surface area contributed by atoms with Gasteiger partial charge in [-0.2, -0.15) is 0 Å². The van der Waals surface area contributed by atoms with Crippen molar-refractivity contribution in [2.75, 3.05) is 0 Å². The lowest BCUT2D eigenvalue weighted by molar-refractivity contribution is -0.110. The number of hydrogen-bond acceptors (Lipinski definition) is 4. The Labute approximate surface area is 139 Å². The minimum absolute atomic E-state index is 0.00115. The van der Waals surface area contributed by atoms with Crippen LogP contribution in [0, 0.1) is 5.92 Å². The van der Waals surface area contributed by atoms with Crippen molar-refractivity contribution in [1.82, 2.24) is 5.09 Å². The third-order valence-corrected chi connectivity index (χ3v) is 4.42. The minimum Gasteiger partial charge on any atom is -0.508 e. The van der Waals surface area contributed by atoms with Gasteiger partial charge in [0, 0.05) is 17.7 Å². The van der Waals surface area contributed by atoms with Crippen molar-refractivity contribution in [1.29, 1.82) is 0 Å². The first-order valence-corrected chi connectivity index (χ1v) is 9.01. The number of carbonyl (C=O) groups is 1. The van der Waals surface area contributed by atoms with Gasteiger partial charge in [0.25, 0.3) is 0 Å². The molecule has 3 atom stereocenters. The molecule has 0 saturated carbocycles. The molecule has 0 saturated heterocycles. The average Bonchev–Trinajstić information content (AvgIpc) is 2.46. The lowest BCUT2D eigenvalue weighted by Crippen LogP contribution is -2.30. The Morgan fingerprint density at radius 2 is 1.88 bits per heavy atom. The Hall–Kier alpha value is -1.92. The molecule has 0 spiro atoms. The number of aliphatic hydroxyl groups is 1. The van der Waals surface area contributed by atoms with Crippen LogP contribution in [0.5, 0.6) is 5.75 Å². The van der Waals surface area contributed by atoms with Crippen LogP contribution in [0.3, 0.4) is 0 Å². The molecule has 1 aromatic rings. The van der Waals surface area contributed by atoms with Gasteiger partial charge < -0.3 is 20.0 Å². The van der Waals surface area contributed by atoms with Crippen LogP contribution < -0.4 is 5.09 Å². The molecule has 0 amide bonds. The number of phenolic OH excluding ortho intramolecular Hbond substituents is 1.